The molecule has 2 atom stereocenters. The van der Waals surface area contributed by atoms with Crippen molar-refractivity contribution in [1.82, 2.24) is 10.6 Å². The fourth-order valence-corrected chi connectivity index (χ4v) is 4.08. The smallest absolute Gasteiger partial charge is 0.315 e. The molecule has 0 spiro atoms. The molecule has 0 unspecified atom stereocenters. The lowest BCUT2D eigenvalue weighted by Crippen LogP contribution is -2.49. The van der Waals surface area contributed by atoms with E-state index in [1.165, 1.54) is 6.92 Å². The van der Waals surface area contributed by atoms with Crippen LogP contribution in [0.25, 0.3) is 0 Å². The minimum atomic E-state index is -3.06. The zero-order chi connectivity index (χ0) is 17.0. The molecule has 1 aliphatic rings. The van der Waals surface area contributed by atoms with Crippen molar-refractivity contribution < 1.29 is 18.0 Å². The van der Waals surface area contributed by atoms with Crippen LogP contribution in [0.5, 0.6) is 0 Å². The van der Waals surface area contributed by atoms with Gasteiger partial charge in [0.2, 0.25) is 5.91 Å². The number of sulfone groups is 1. The van der Waals surface area contributed by atoms with Crippen molar-refractivity contribution in [3.63, 3.8) is 0 Å². The van der Waals surface area contributed by atoms with Gasteiger partial charge in [0, 0.05) is 16.8 Å². The average molecular weight is 360 g/mol. The number of hydrogen-bond donors (Lipinski definition) is 3. The predicted molar refractivity (Wildman–Crippen MR) is 88.3 cm³/mol. The number of nitrogens with one attached hydrogen (secondary N) is 3. The number of rotatable bonds is 4. The third kappa shape index (κ3) is 5.40. The average Bonchev–Trinajstić information content (AvgIpc) is 2.77. The van der Waals surface area contributed by atoms with Crippen molar-refractivity contribution in [2.45, 2.75) is 25.4 Å². The van der Waals surface area contributed by atoms with Crippen molar-refractivity contribution in [2.24, 2.45) is 0 Å². The van der Waals surface area contributed by atoms with Crippen LogP contribution in [0.2, 0.25) is 5.02 Å². The highest BCUT2D eigenvalue weighted by Crippen LogP contribution is 2.15. The summed E-state index contributed by atoms with van der Waals surface area (Å²) in [7, 11) is -3.06. The van der Waals surface area contributed by atoms with Gasteiger partial charge in [-0.2, -0.15) is 0 Å². The number of halogens is 1. The lowest BCUT2D eigenvalue weighted by molar-refractivity contribution is -0.117. The second kappa shape index (κ2) is 7.18. The number of hydrogen-bond acceptors (Lipinski definition) is 4. The van der Waals surface area contributed by atoms with Crippen LogP contribution in [0.4, 0.5) is 10.5 Å². The summed E-state index contributed by atoms with van der Waals surface area (Å²) in [6.45, 7) is 1.53. The van der Waals surface area contributed by atoms with Crippen LogP contribution in [0.3, 0.4) is 0 Å². The van der Waals surface area contributed by atoms with Gasteiger partial charge in [0.15, 0.2) is 9.84 Å². The van der Waals surface area contributed by atoms with Gasteiger partial charge in [-0.05, 0) is 31.5 Å². The molecule has 1 aromatic rings. The quantitative estimate of drug-likeness (QED) is 0.750. The maximum Gasteiger partial charge on any atom is 0.315 e. The molecule has 0 bridgehead atoms. The summed E-state index contributed by atoms with van der Waals surface area (Å²) < 4.78 is 22.7. The molecule has 0 aromatic heterocycles. The maximum atomic E-state index is 12.0. The molecule has 9 heteroatoms. The van der Waals surface area contributed by atoms with Gasteiger partial charge < -0.3 is 16.0 Å². The standard InChI is InChI=1S/C14H18ClN3O4S/c1-9(13(19)17-11-4-2-3-10(15)7-11)16-14(20)18-12-5-6-23(21,22)8-12/h2-4,7,9,12H,5-6,8H2,1H3,(H,17,19)(H2,16,18,20)/t9-,12+/m0/s1. The number of carbonyl (C=O) groups is 2. The van der Waals surface area contributed by atoms with Crippen molar-refractivity contribution >= 4 is 39.1 Å². The summed E-state index contributed by atoms with van der Waals surface area (Å²) in [5, 5.41) is 8.16. The van der Waals surface area contributed by atoms with Gasteiger partial charge in [-0.15, -0.1) is 0 Å². The molecule has 1 aromatic carbocycles. The molecule has 0 radical (unpaired) electrons. The third-order valence-electron chi connectivity index (χ3n) is 3.40. The van der Waals surface area contributed by atoms with E-state index >= 15 is 0 Å². The van der Waals surface area contributed by atoms with E-state index in [9.17, 15) is 18.0 Å². The molecule has 1 fully saturated rings. The van der Waals surface area contributed by atoms with Crippen LogP contribution in [-0.2, 0) is 14.6 Å². The summed E-state index contributed by atoms with van der Waals surface area (Å²) in [4.78, 5) is 23.8. The van der Waals surface area contributed by atoms with Gasteiger partial charge in [0.05, 0.1) is 11.5 Å². The van der Waals surface area contributed by atoms with Gasteiger partial charge in [-0.1, -0.05) is 17.7 Å². The Hall–Kier alpha value is -1.80. The van der Waals surface area contributed by atoms with Crippen LogP contribution >= 0.6 is 11.6 Å². The third-order valence-corrected chi connectivity index (χ3v) is 5.40. The first-order valence-corrected chi connectivity index (χ1v) is 9.29. The Labute approximate surface area is 139 Å². The van der Waals surface area contributed by atoms with Gasteiger partial charge in [-0.3, -0.25) is 4.79 Å². The van der Waals surface area contributed by atoms with Crippen LogP contribution in [0.15, 0.2) is 24.3 Å². The highest BCUT2D eigenvalue weighted by molar-refractivity contribution is 7.91. The van der Waals surface area contributed by atoms with E-state index in [0.717, 1.165) is 0 Å². The van der Waals surface area contributed by atoms with E-state index < -0.39 is 33.9 Å². The lowest BCUT2D eigenvalue weighted by atomic mass is 10.2. The summed E-state index contributed by atoms with van der Waals surface area (Å²) in [6, 6.07) is 4.89. The Morgan fingerprint density at radius 1 is 1.35 bits per heavy atom. The molecule has 3 amide bonds. The molecule has 7 nitrogen and oxygen atoms in total. The van der Waals surface area contributed by atoms with Gasteiger partial charge in [0.25, 0.3) is 0 Å². The maximum absolute atomic E-state index is 12.0. The van der Waals surface area contributed by atoms with Crippen molar-refractivity contribution in [2.75, 3.05) is 16.8 Å². The molecule has 1 aliphatic heterocycles. The summed E-state index contributed by atoms with van der Waals surface area (Å²) in [5.41, 5.74) is 0.526. The fourth-order valence-electron chi connectivity index (χ4n) is 2.21. The van der Waals surface area contributed by atoms with Gasteiger partial charge in [-0.25, -0.2) is 13.2 Å². The van der Waals surface area contributed by atoms with E-state index in [4.69, 9.17) is 11.6 Å². The van der Waals surface area contributed by atoms with Crippen LogP contribution in [0.1, 0.15) is 13.3 Å². The first kappa shape index (κ1) is 17.6. The second-order valence-corrected chi connectivity index (χ2v) is 8.10. The SMILES string of the molecule is C[C@H](NC(=O)N[C@@H]1CCS(=O)(=O)C1)C(=O)Nc1cccc(Cl)c1. The minimum Gasteiger partial charge on any atom is -0.334 e. The number of anilines is 1. The number of urea groups is 1. The largest absolute Gasteiger partial charge is 0.334 e. The molecule has 126 valence electrons. The molecular formula is C14H18ClN3O4S. The highest BCUT2D eigenvalue weighted by Gasteiger charge is 2.29. The lowest BCUT2D eigenvalue weighted by Gasteiger charge is -2.17. The van der Waals surface area contributed by atoms with Crippen LogP contribution in [0, 0.1) is 0 Å². The van der Waals surface area contributed by atoms with Gasteiger partial charge >= 0.3 is 6.03 Å². The number of benzene rings is 1. The molecule has 0 aliphatic carbocycles. The number of carbonyl (C=O) groups excluding carboxylic acids is 2. The molecule has 1 saturated heterocycles. The highest BCUT2D eigenvalue weighted by atomic mass is 35.5. The Bertz CT molecular complexity index is 708. The normalized spacial score (nSPS) is 20.5. The molecule has 1 heterocycles. The number of amides is 3. The molecule has 0 saturated carbocycles. The van der Waals surface area contributed by atoms with Crippen molar-refractivity contribution in [3.05, 3.63) is 29.3 Å². The van der Waals surface area contributed by atoms with E-state index in [2.05, 4.69) is 16.0 Å². The van der Waals surface area contributed by atoms with Crippen molar-refractivity contribution in [3.8, 4) is 0 Å². The second-order valence-electron chi connectivity index (χ2n) is 5.44. The first-order valence-electron chi connectivity index (χ1n) is 7.09. The van der Waals surface area contributed by atoms with Crippen LogP contribution in [-0.4, -0.2) is 43.9 Å². The monoisotopic (exact) mass is 359 g/mol. The summed E-state index contributed by atoms with van der Waals surface area (Å²) in [5.74, 6) is -0.395. The summed E-state index contributed by atoms with van der Waals surface area (Å²) in [6.07, 6.45) is 0.388. The van der Waals surface area contributed by atoms with E-state index in [1.54, 1.807) is 24.3 Å². The van der Waals surface area contributed by atoms with E-state index in [0.29, 0.717) is 17.1 Å². The Kier molecular flexibility index (Phi) is 5.48. The van der Waals surface area contributed by atoms with Crippen molar-refractivity contribution in [1.29, 1.82) is 0 Å². The van der Waals surface area contributed by atoms with E-state index in [1.807, 2.05) is 0 Å². The zero-order valence-corrected chi connectivity index (χ0v) is 14.1. The molecule has 3 N–H and O–H groups in total. The topological polar surface area (TPSA) is 104 Å². The first-order chi connectivity index (χ1) is 10.7. The Morgan fingerprint density at radius 3 is 2.70 bits per heavy atom. The molecular weight excluding hydrogens is 342 g/mol. The Balaban J connectivity index is 1.82. The predicted octanol–water partition coefficient (Wildman–Crippen LogP) is 1.15. The van der Waals surface area contributed by atoms with E-state index in [-0.39, 0.29) is 11.5 Å². The Morgan fingerprint density at radius 2 is 2.09 bits per heavy atom. The summed E-state index contributed by atoms with van der Waals surface area (Å²) >= 11 is 5.83. The molecule has 2 rings (SSSR count). The minimum absolute atomic E-state index is 0.0660. The van der Waals surface area contributed by atoms with Gasteiger partial charge in [0.1, 0.15) is 6.04 Å². The fraction of sp³-hybridized carbons (Fsp3) is 0.429. The van der Waals surface area contributed by atoms with Crippen LogP contribution < -0.4 is 16.0 Å². The molecule has 23 heavy (non-hydrogen) atoms. The zero-order valence-electron chi connectivity index (χ0n) is 12.5.